The molecule has 1 aliphatic rings. The lowest BCUT2D eigenvalue weighted by Crippen LogP contribution is -2.39. The van der Waals surface area contributed by atoms with Crippen molar-refractivity contribution in [2.45, 2.75) is 31.7 Å². The minimum absolute atomic E-state index is 0.000376. The van der Waals surface area contributed by atoms with E-state index in [2.05, 4.69) is 24.3 Å². The third-order valence-electron chi connectivity index (χ3n) is 4.51. The Morgan fingerprint density at radius 1 is 1.29 bits per heavy atom. The molecule has 3 heteroatoms. The van der Waals surface area contributed by atoms with Crippen molar-refractivity contribution in [2.75, 3.05) is 13.2 Å². The monoisotopic (exact) mass is 283 g/mol. The lowest BCUT2D eigenvalue weighted by atomic mass is 9.96. The third kappa shape index (κ3) is 2.66. The Hall–Kier alpha value is -1.87. The molecule has 2 aromatic rings. The van der Waals surface area contributed by atoms with Crippen LogP contribution in [0.3, 0.4) is 0 Å². The first-order valence-electron chi connectivity index (χ1n) is 7.60. The second-order valence-electron chi connectivity index (χ2n) is 5.84. The van der Waals surface area contributed by atoms with Crippen molar-refractivity contribution in [1.29, 1.82) is 0 Å². The van der Waals surface area contributed by atoms with Crippen LogP contribution in [0.15, 0.2) is 42.5 Å². The van der Waals surface area contributed by atoms with Gasteiger partial charge >= 0.3 is 0 Å². The molecule has 0 aliphatic carbocycles. The Balaban J connectivity index is 1.85. The molecule has 3 nitrogen and oxygen atoms in total. The zero-order valence-corrected chi connectivity index (χ0v) is 12.3. The normalized spacial score (nSPS) is 19.9. The molecule has 3 rings (SSSR count). The first kappa shape index (κ1) is 14.1. The van der Waals surface area contributed by atoms with Gasteiger partial charge in [-0.25, -0.2) is 0 Å². The molecule has 1 amide bonds. The van der Waals surface area contributed by atoms with E-state index in [4.69, 9.17) is 0 Å². The Morgan fingerprint density at radius 3 is 2.81 bits per heavy atom. The van der Waals surface area contributed by atoms with E-state index in [-0.39, 0.29) is 24.5 Å². The van der Waals surface area contributed by atoms with Gasteiger partial charge in [-0.2, -0.15) is 0 Å². The number of rotatable bonds is 3. The van der Waals surface area contributed by atoms with Gasteiger partial charge in [0.25, 0.3) is 0 Å². The number of hydrogen-bond donors (Lipinski definition) is 1. The number of carbonyl (C=O) groups is 1. The largest absolute Gasteiger partial charge is 0.394 e. The fourth-order valence-electron chi connectivity index (χ4n) is 3.18. The minimum atomic E-state index is -0.165. The molecular weight excluding hydrogens is 262 g/mol. The van der Waals surface area contributed by atoms with E-state index in [9.17, 15) is 9.90 Å². The second kappa shape index (κ2) is 5.86. The number of carbonyl (C=O) groups excluding carboxylic acids is 1. The molecule has 0 radical (unpaired) electrons. The molecule has 0 aromatic heterocycles. The van der Waals surface area contributed by atoms with E-state index in [1.54, 1.807) is 0 Å². The number of fused-ring (bicyclic) bond motifs is 1. The average Bonchev–Trinajstić information content (AvgIpc) is 3.01. The maximum atomic E-state index is 12.7. The Morgan fingerprint density at radius 2 is 2.05 bits per heavy atom. The van der Waals surface area contributed by atoms with Crippen molar-refractivity contribution in [2.24, 2.45) is 0 Å². The molecule has 21 heavy (non-hydrogen) atoms. The van der Waals surface area contributed by atoms with Crippen molar-refractivity contribution in [3.63, 3.8) is 0 Å². The van der Waals surface area contributed by atoms with E-state index in [0.717, 1.165) is 30.3 Å². The van der Waals surface area contributed by atoms with Crippen LogP contribution in [-0.2, 0) is 4.79 Å². The van der Waals surface area contributed by atoms with Gasteiger partial charge in [-0.15, -0.1) is 0 Å². The molecule has 1 aliphatic heterocycles. The summed E-state index contributed by atoms with van der Waals surface area (Å²) in [6.45, 7) is 2.79. The summed E-state index contributed by atoms with van der Waals surface area (Å²) in [6, 6.07) is 14.4. The number of nitrogens with zero attached hydrogens (tertiary/aromatic N) is 1. The maximum absolute atomic E-state index is 12.7. The van der Waals surface area contributed by atoms with Gasteiger partial charge in [-0.1, -0.05) is 42.5 Å². The van der Waals surface area contributed by atoms with Crippen LogP contribution in [0, 0.1) is 0 Å². The van der Waals surface area contributed by atoms with Crippen LogP contribution in [0.25, 0.3) is 10.8 Å². The summed E-state index contributed by atoms with van der Waals surface area (Å²) < 4.78 is 0. The van der Waals surface area contributed by atoms with E-state index in [1.807, 2.05) is 30.0 Å². The highest BCUT2D eigenvalue weighted by Crippen LogP contribution is 2.26. The van der Waals surface area contributed by atoms with Crippen LogP contribution in [-0.4, -0.2) is 35.1 Å². The molecule has 0 unspecified atom stereocenters. The summed E-state index contributed by atoms with van der Waals surface area (Å²) in [4.78, 5) is 14.5. The highest BCUT2D eigenvalue weighted by molar-refractivity contribution is 5.88. The lowest BCUT2D eigenvalue weighted by molar-refractivity contribution is -0.133. The Labute approximate surface area is 125 Å². The molecule has 0 saturated carbocycles. The van der Waals surface area contributed by atoms with Crippen LogP contribution >= 0.6 is 0 Å². The maximum Gasteiger partial charge on any atom is 0.230 e. The first-order valence-corrected chi connectivity index (χ1v) is 7.60. The summed E-state index contributed by atoms with van der Waals surface area (Å²) >= 11 is 0. The number of aliphatic hydroxyl groups excluding tert-OH is 1. The van der Waals surface area contributed by atoms with Crippen LogP contribution in [0.1, 0.15) is 31.2 Å². The van der Waals surface area contributed by atoms with Crippen LogP contribution in [0.2, 0.25) is 0 Å². The molecule has 1 heterocycles. The quantitative estimate of drug-likeness (QED) is 0.941. The van der Waals surface area contributed by atoms with Gasteiger partial charge in [0.05, 0.1) is 18.6 Å². The van der Waals surface area contributed by atoms with Crippen LogP contribution < -0.4 is 0 Å². The molecule has 0 bridgehead atoms. The van der Waals surface area contributed by atoms with Crippen molar-refractivity contribution in [1.82, 2.24) is 4.90 Å². The third-order valence-corrected chi connectivity index (χ3v) is 4.51. The summed E-state index contributed by atoms with van der Waals surface area (Å²) in [5.41, 5.74) is 1.04. The summed E-state index contributed by atoms with van der Waals surface area (Å²) in [7, 11) is 0. The van der Waals surface area contributed by atoms with Gasteiger partial charge in [0.15, 0.2) is 0 Å². The highest BCUT2D eigenvalue weighted by Gasteiger charge is 2.31. The SMILES string of the molecule is C[C@H](C(=O)N1CCC[C@H]1CO)c1ccc2ccccc2c1. The Kier molecular flexibility index (Phi) is 3.93. The molecule has 2 aromatic carbocycles. The fraction of sp³-hybridized carbons (Fsp3) is 0.389. The van der Waals surface area contributed by atoms with E-state index in [1.165, 1.54) is 5.39 Å². The van der Waals surface area contributed by atoms with Crippen molar-refractivity contribution in [3.05, 3.63) is 48.0 Å². The molecule has 1 fully saturated rings. The fourth-order valence-corrected chi connectivity index (χ4v) is 3.18. The standard InChI is InChI=1S/C18H21NO2/c1-13(18(21)19-10-4-7-17(19)12-20)15-9-8-14-5-2-3-6-16(14)11-15/h2-3,5-6,8-9,11,13,17,20H,4,7,10,12H2,1H3/t13-,17-/m0/s1. The summed E-state index contributed by atoms with van der Waals surface area (Å²) in [5.74, 6) is -0.0383. The molecule has 1 N–H and O–H groups in total. The molecule has 110 valence electrons. The van der Waals surface area contributed by atoms with Crippen LogP contribution in [0.5, 0.6) is 0 Å². The molecule has 2 atom stereocenters. The van der Waals surface area contributed by atoms with E-state index < -0.39 is 0 Å². The van der Waals surface area contributed by atoms with E-state index >= 15 is 0 Å². The first-order chi connectivity index (χ1) is 10.2. The van der Waals surface area contributed by atoms with Gasteiger partial charge in [0.1, 0.15) is 0 Å². The number of aliphatic hydroxyl groups is 1. The number of amides is 1. The molecular formula is C18H21NO2. The molecule has 1 saturated heterocycles. The Bertz CT molecular complexity index is 652. The van der Waals surface area contributed by atoms with Gasteiger partial charge in [0.2, 0.25) is 5.91 Å². The average molecular weight is 283 g/mol. The highest BCUT2D eigenvalue weighted by atomic mass is 16.3. The van der Waals surface area contributed by atoms with Crippen molar-refractivity contribution >= 4 is 16.7 Å². The zero-order chi connectivity index (χ0) is 14.8. The molecule has 0 spiro atoms. The predicted octanol–water partition coefficient (Wildman–Crippen LogP) is 2.93. The van der Waals surface area contributed by atoms with Crippen molar-refractivity contribution < 1.29 is 9.90 Å². The summed E-state index contributed by atoms with van der Waals surface area (Å²) in [5, 5.41) is 11.7. The van der Waals surface area contributed by atoms with E-state index in [0.29, 0.717) is 0 Å². The van der Waals surface area contributed by atoms with Gasteiger partial charge in [-0.05, 0) is 36.1 Å². The van der Waals surface area contributed by atoms with Crippen LogP contribution in [0.4, 0.5) is 0 Å². The smallest absolute Gasteiger partial charge is 0.230 e. The minimum Gasteiger partial charge on any atom is -0.394 e. The lowest BCUT2D eigenvalue weighted by Gasteiger charge is -2.26. The van der Waals surface area contributed by atoms with Gasteiger partial charge < -0.3 is 10.0 Å². The second-order valence-corrected chi connectivity index (χ2v) is 5.84. The zero-order valence-electron chi connectivity index (χ0n) is 12.3. The van der Waals surface area contributed by atoms with Gasteiger partial charge in [-0.3, -0.25) is 4.79 Å². The topological polar surface area (TPSA) is 40.5 Å². The predicted molar refractivity (Wildman–Crippen MR) is 84.2 cm³/mol. The number of likely N-dealkylation sites (tertiary alicyclic amines) is 1. The summed E-state index contributed by atoms with van der Waals surface area (Å²) in [6.07, 6.45) is 1.90. The van der Waals surface area contributed by atoms with Gasteiger partial charge in [0, 0.05) is 6.54 Å². The van der Waals surface area contributed by atoms with Crippen molar-refractivity contribution in [3.8, 4) is 0 Å². The number of hydrogen-bond acceptors (Lipinski definition) is 2. The number of benzene rings is 2.